The monoisotopic (exact) mass is 370 g/mol. The van der Waals surface area contributed by atoms with Crippen LogP contribution in [0.1, 0.15) is 22.6 Å². The smallest absolute Gasteiger partial charge is 0.318 e. The Hall–Kier alpha value is -3.91. The molecule has 5 heteroatoms. The Morgan fingerprint density at radius 1 is 0.893 bits per heavy atom. The summed E-state index contributed by atoms with van der Waals surface area (Å²) in [4.78, 5) is 24.9. The molecule has 138 valence electrons. The topological polar surface area (TPSA) is 79.2 Å². The van der Waals surface area contributed by atoms with Gasteiger partial charge >= 0.3 is 5.97 Å². The van der Waals surface area contributed by atoms with Crippen molar-refractivity contribution < 1.29 is 14.3 Å². The summed E-state index contributed by atoms with van der Waals surface area (Å²) < 4.78 is 5.29. The van der Waals surface area contributed by atoms with Gasteiger partial charge in [-0.3, -0.25) is 9.59 Å². The standard InChI is InChI=1S/C23H18N2O3/c24-15-17-8-7-13-20(14-17)25-21(26)16-28-23(27)22(18-9-3-1-4-10-18)19-11-5-2-6-12-19/h1-14,22H,16H2,(H,25,26). The Morgan fingerprint density at radius 2 is 1.50 bits per heavy atom. The summed E-state index contributed by atoms with van der Waals surface area (Å²) in [5, 5.41) is 11.5. The fourth-order valence-corrected chi connectivity index (χ4v) is 2.84. The van der Waals surface area contributed by atoms with E-state index in [2.05, 4.69) is 5.32 Å². The lowest BCUT2D eigenvalue weighted by molar-refractivity contribution is -0.147. The van der Waals surface area contributed by atoms with Crippen LogP contribution in [0.5, 0.6) is 0 Å². The van der Waals surface area contributed by atoms with Crippen molar-refractivity contribution in [3.05, 3.63) is 102 Å². The Kier molecular flexibility index (Phi) is 6.17. The number of carbonyl (C=O) groups is 2. The van der Waals surface area contributed by atoms with E-state index in [0.29, 0.717) is 11.3 Å². The van der Waals surface area contributed by atoms with Crippen molar-refractivity contribution in [1.82, 2.24) is 0 Å². The number of anilines is 1. The highest BCUT2D eigenvalue weighted by Crippen LogP contribution is 2.25. The number of rotatable bonds is 6. The van der Waals surface area contributed by atoms with Crippen molar-refractivity contribution in [1.29, 1.82) is 5.26 Å². The zero-order valence-electron chi connectivity index (χ0n) is 15.0. The van der Waals surface area contributed by atoms with Crippen LogP contribution in [0.15, 0.2) is 84.9 Å². The number of benzene rings is 3. The van der Waals surface area contributed by atoms with Gasteiger partial charge in [0.2, 0.25) is 0 Å². The number of hydrogen-bond acceptors (Lipinski definition) is 4. The highest BCUT2D eigenvalue weighted by Gasteiger charge is 2.24. The SMILES string of the molecule is N#Cc1cccc(NC(=O)COC(=O)C(c2ccccc2)c2ccccc2)c1. The number of nitrogens with zero attached hydrogens (tertiary/aromatic N) is 1. The zero-order chi connectivity index (χ0) is 19.8. The van der Waals surface area contributed by atoms with Crippen LogP contribution in [-0.4, -0.2) is 18.5 Å². The van der Waals surface area contributed by atoms with Crippen LogP contribution in [0.25, 0.3) is 0 Å². The number of amides is 1. The van der Waals surface area contributed by atoms with E-state index in [1.165, 1.54) is 0 Å². The predicted octanol–water partition coefficient (Wildman–Crippen LogP) is 3.87. The van der Waals surface area contributed by atoms with Crippen LogP contribution in [0.3, 0.4) is 0 Å². The minimum absolute atomic E-state index is 0.411. The summed E-state index contributed by atoms with van der Waals surface area (Å²) >= 11 is 0. The third kappa shape index (κ3) is 4.83. The first kappa shape index (κ1) is 18.9. The second kappa shape index (κ2) is 9.15. The van der Waals surface area contributed by atoms with Gasteiger partial charge in [-0.1, -0.05) is 66.7 Å². The van der Waals surface area contributed by atoms with Crippen LogP contribution in [0, 0.1) is 11.3 Å². The average molecular weight is 370 g/mol. The maximum atomic E-state index is 12.8. The predicted molar refractivity (Wildman–Crippen MR) is 105 cm³/mol. The molecule has 1 amide bonds. The molecule has 0 saturated carbocycles. The molecule has 5 nitrogen and oxygen atoms in total. The number of esters is 1. The van der Waals surface area contributed by atoms with Crippen molar-refractivity contribution in [2.45, 2.75) is 5.92 Å². The first-order chi connectivity index (χ1) is 13.7. The molecular weight excluding hydrogens is 352 g/mol. The lowest BCUT2D eigenvalue weighted by Gasteiger charge is -2.17. The first-order valence-corrected chi connectivity index (χ1v) is 8.74. The van der Waals surface area contributed by atoms with Crippen molar-refractivity contribution in [3.63, 3.8) is 0 Å². The Labute approximate surface area is 163 Å². The van der Waals surface area contributed by atoms with E-state index in [1.807, 2.05) is 66.7 Å². The van der Waals surface area contributed by atoms with Gasteiger partial charge in [0.15, 0.2) is 6.61 Å². The van der Waals surface area contributed by atoms with Crippen molar-refractivity contribution in [2.24, 2.45) is 0 Å². The third-order valence-corrected chi connectivity index (χ3v) is 4.12. The molecule has 0 unspecified atom stereocenters. The van der Waals surface area contributed by atoms with E-state index in [-0.39, 0.29) is 0 Å². The molecule has 28 heavy (non-hydrogen) atoms. The first-order valence-electron chi connectivity index (χ1n) is 8.74. The average Bonchev–Trinajstić information content (AvgIpc) is 2.74. The second-order valence-corrected chi connectivity index (χ2v) is 6.10. The Bertz CT molecular complexity index is 956. The summed E-state index contributed by atoms with van der Waals surface area (Å²) in [6, 6.07) is 27.1. The number of nitrogens with one attached hydrogen (secondary N) is 1. The van der Waals surface area contributed by atoms with E-state index in [9.17, 15) is 9.59 Å². The lowest BCUT2D eigenvalue weighted by Crippen LogP contribution is -2.24. The number of nitriles is 1. The van der Waals surface area contributed by atoms with Gasteiger partial charge in [-0.15, -0.1) is 0 Å². The molecule has 0 atom stereocenters. The maximum absolute atomic E-state index is 12.8. The fourth-order valence-electron chi connectivity index (χ4n) is 2.84. The molecule has 3 aromatic carbocycles. The summed E-state index contributed by atoms with van der Waals surface area (Å²) in [6.45, 7) is -0.411. The third-order valence-electron chi connectivity index (χ3n) is 4.12. The van der Waals surface area contributed by atoms with E-state index in [4.69, 9.17) is 10.00 Å². The molecule has 0 aromatic heterocycles. The van der Waals surface area contributed by atoms with Gasteiger partial charge in [0, 0.05) is 5.69 Å². The Balaban J connectivity index is 1.68. The number of ether oxygens (including phenoxy) is 1. The molecule has 3 rings (SSSR count). The van der Waals surface area contributed by atoms with Crippen LogP contribution in [0.2, 0.25) is 0 Å². The van der Waals surface area contributed by atoms with Gasteiger partial charge in [0.25, 0.3) is 5.91 Å². The van der Waals surface area contributed by atoms with E-state index >= 15 is 0 Å². The van der Waals surface area contributed by atoms with Gasteiger partial charge in [0.05, 0.1) is 11.6 Å². The highest BCUT2D eigenvalue weighted by atomic mass is 16.5. The fraction of sp³-hybridized carbons (Fsp3) is 0.0870. The molecule has 0 aliphatic heterocycles. The molecule has 1 N–H and O–H groups in total. The van der Waals surface area contributed by atoms with Gasteiger partial charge in [0.1, 0.15) is 5.92 Å². The summed E-state index contributed by atoms with van der Waals surface area (Å²) in [6.07, 6.45) is 0. The van der Waals surface area contributed by atoms with Crippen molar-refractivity contribution in [3.8, 4) is 6.07 Å². The number of hydrogen-bond donors (Lipinski definition) is 1. The van der Waals surface area contributed by atoms with Gasteiger partial charge < -0.3 is 10.1 Å². The summed E-state index contributed by atoms with van der Waals surface area (Å²) in [7, 11) is 0. The minimum Gasteiger partial charge on any atom is -0.455 e. The van der Waals surface area contributed by atoms with Crippen LogP contribution in [-0.2, 0) is 14.3 Å². The second-order valence-electron chi connectivity index (χ2n) is 6.10. The molecule has 0 heterocycles. The summed E-state index contributed by atoms with van der Waals surface area (Å²) in [5.41, 5.74) is 2.49. The van der Waals surface area contributed by atoms with Crippen LogP contribution in [0.4, 0.5) is 5.69 Å². The van der Waals surface area contributed by atoms with E-state index in [1.54, 1.807) is 24.3 Å². The highest BCUT2D eigenvalue weighted by molar-refractivity contribution is 5.93. The molecule has 0 radical (unpaired) electrons. The molecule has 0 saturated heterocycles. The van der Waals surface area contributed by atoms with Gasteiger partial charge in [-0.05, 0) is 29.3 Å². The largest absolute Gasteiger partial charge is 0.455 e. The molecular formula is C23H18N2O3. The van der Waals surface area contributed by atoms with Gasteiger partial charge in [-0.25, -0.2) is 0 Å². The lowest BCUT2D eigenvalue weighted by atomic mass is 9.91. The molecule has 0 aliphatic carbocycles. The molecule has 3 aromatic rings. The quantitative estimate of drug-likeness (QED) is 0.668. The van der Waals surface area contributed by atoms with E-state index in [0.717, 1.165) is 11.1 Å². The maximum Gasteiger partial charge on any atom is 0.318 e. The van der Waals surface area contributed by atoms with Crippen LogP contribution >= 0.6 is 0 Å². The molecule has 0 aliphatic rings. The zero-order valence-corrected chi connectivity index (χ0v) is 15.0. The van der Waals surface area contributed by atoms with Crippen LogP contribution < -0.4 is 5.32 Å². The normalized spacial score (nSPS) is 10.1. The van der Waals surface area contributed by atoms with E-state index < -0.39 is 24.4 Å². The Morgan fingerprint density at radius 3 is 2.07 bits per heavy atom. The summed E-state index contributed by atoms with van der Waals surface area (Å²) in [5.74, 6) is -1.58. The van der Waals surface area contributed by atoms with Crippen molar-refractivity contribution >= 4 is 17.6 Å². The minimum atomic E-state index is -0.614. The molecule has 0 spiro atoms. The van der Waals surface area contributed by atoms with Gasteiger partial charge in [-0.2, -0.15) is 5.26 Å². The molecule has 0 fully saturated rings. The van der Waals surface area contributed by atoms with Crippen molar-refractivity contribution in [2.75, 3.05) is 11.9 Å². The molecule has 0 bridgehead atoms. The number of carbonyl (C=O) groups excluding carboxylic acids is 2.